The van der Waals surface area contributed by atoms with Crippen LogP contribution in [0.1, 0.15) is 24.5 Å². The fourth-order valence-corrected chi connectivity index (χ4v) is 3.00. The third kappa shape index (κ3) is 4.02. The lowest BCUT2D eigenvalue weighted by Gasteiger charge is -2.31. The summed E-state index contributed by atoms with van der Waals surface area (Å²) in [6.07, 6.45) is 8.17. The van der Waals surface area contributed by atoms with Crippen LogP contribution >= 0.6 is 0 Å². The van der Waals surface area contributed by atoms with Gasteiger partial charge in [0, 0.05) is 24.2 Å². The van der Waals surface area contributed by atoms with E-state index in [2.05, 4.69) is 71.7 Å². The molecule has 0 bridgehead atoms. The number of allylic oxidation sites excluding steroid dienone is 3. The van der Waals surface area contributed by atoms with Gasteiger partial charge >= 0.3 is 0 Å². The third-order valence-electron chi connectivity index (χ3n) is 4.39. The molecule has 0 radical (unpaired) electrons. The van der Waals surface area contributed by atoms with Crippen LogP contribution in [-0.2, 0) is 17.9 Å². The molecular weight excluding hydrogens is 294 g/mol. The Morgan fingerprint density at radius 3 is 2.00 bits per heavy atom. The topological polar surface area (TPSA) is 20.3 Å². The minimum Gasteiger partial charge on any atom is -0.363 e. The Morgan fingerprint density at radius 1 is 0.958 bits per heavy atom. The maximum absolute atomic E-state index is 11.5. The first-order chi connectivity index (χ1) is 11.7. The highest BCUT2D eigenvalue weighted by Crippen LogP contribution is 2.30. The SMILES string of the molecule is CC1(C=O)C=C(N(Cc2ccccc2)Cc2ccccc2)C=CC1. The van der Waals surface area contributed by atoms with Gasteiger partial charge in [-0.3, -0.25) is 0 Å². The van der Waals surface area contributed by atoms with Crippen molar-refractivity contribution in [3.8, 4) is 0 Å². The van der Waals surface area contributed by atoms with Crippen LogP contribution in [0.2, 0.25) is 0 Å². The van der Waals surface area contributed by atoms with Crippen LogP contribution in [-0.4, -0.2) is 11.2 Å². The highest BCUT2D eigenvalue weighted by Gasteiger charge is 2.24. The summed E-state index contributed by atoms with van der Waals surface area (Å²) in [6.45, 7) is 3.63. The van der Waals surface area contributed by atoms with Crippen molar-refractivity contribution in [1.82, 2.24) is 4.90 Å². The maximum Gasteiger partial charge on any atom is 0.130 e. The second kappa shape index (κ2) is 7.31. The van der Waals surface area contributed by atoms with Gasteiger partial charge in [-0.25, -0.2) is 0 Å². The van der Waals surface area contributed by atoms with Crippen LogP contribution in [0.3, 0.4) is 0 Å². The normalized spacial score (nSPS) is 19.6. The first-order valence-electron chi connectivity index (χ1n) is 8.37. The average molecular weight is 317 g/mol. The van der Waals surface area contributed by atoms with E-state index in [0.717, 1.165) is 31.5 Å². The molecule has 2 aromatic carbocycles. The van der Waals surface area contributed by atoms with Gasteiger partial charge in [-0.05, 0) is 36.6 Å². The molecule has 0 spiro atoms. The van der Waals surface area contributed by atoms with Gasteiger partial charge in [0.25, 0.3) is 0 Å². The molecule has 0 fully saturated rings. The van der Waals surface area contributed by atoms with Crippen molar-refractivity contribution in [2.75, 3.05) is 0 Å². The second-order valence-electron chi connectivity index (χ2n) is 6.63. The Balaban J connectivity index is 1.89. The van der Waals surface area contributed by atoms with Gasteiger partial charge < -0.3 is 9.69 Å². The van der Waals surface area contributed by atoms with Gasteiger partial charge in [-0.1, -0.05) is 66.7 Å². The quantitative estimate of drug-likeness (QED) is 0.717. The van der Waals surface area contributed by atoms with Crippen LogP contribution in [0.15, 0.2) is 84.6 Å². The zero-order chi connectivity index (χ0) is 16.8. The van der Waals surface area contributed by atoms with Crippen LogP contribution < -0.4 is 0 Å². The fourth-order valence-electron chi connectivity index (χ4n) is 3.00. The molecule has 1 aliphatic rings. The Labute approximate surface area is 144 Å². The number of carbonyl (C=O) groups is 1. The lowest BCUT2D eigenvalue weighted by atomic mass is 9.84. The van der Waals surface area contributed by atoms with Crippen molar-refractivity contribution in [2.45, 2.75) is 26.4 Å². The molecule has 0 heterocycles. The molecule has 0 aliphatic heterocycles. The van der Waals surface area contributed by atoms with E-state index in [-0.39, 0.29) is 0 Å². The smallest absolute Gasteiger partial charge is 0.130 e. The lowest BCUT2D eigenvalue weighted by Crippen LogP contribution is -2.26. The summed E-state index contributed by atoms with van der Waals surface area (Å²) in [6, 6.07) is 20.9. The van der Waals surface area contributed by atoms with E-state index in [1.807, 2.05) is 19.1 Å². The van der Waals surface area contributed by atoms with Crippen molar-refractivity contribution in [3.05, 3.63) is 95.7 Å². The summed E-state index contributed by atoms with van der Waals surface area (Å²) in [7, 11) is 0. The van der Waals surface area contributed by atoms with Gasteiger partial charge in [0.1, 0.15) is 6.29 Å². The van der Waals surface area contributed by atoms with Crippen LogP contribution in [0, 0.1) is 5.41 Å². The van der Waals surface area contributed by atoms with Crippen molar-refractivity contribution >= 4 is 6.29 Å². The van der Waals surface area contributed by atoms with Crippen LogP contribution in [0.5, 0.6) is 0 Å². The van der Waals surface area contributed by atoms with E-state index in [0.29, 0.717) is 0 Å². The fraction of sp³-hybridized carbons (Fsp3) is 0.227. The van der Waals surface area contributed by atoms with Gasteiger partial charge in [0.2, 0.25) is 0 Å². The summed E-state index contributed by atoms with van der Waals surface area (Å²) < 4.78 is 0. The summed E-state index contributed by atoms with van der Waals surface area (Å²) in [4.78, 5) is 13.8. The van der Waals surface area contributed by atoms with E-state index in [1.165, 1.54) is 11.1 Å². The van der Waals surface area contributed by atoms with Crippen LogP contribution in [0.25, 0.3) is 0 Å². The predicted molar refractivity (Wildman–Crippen MR) is 98.1 cm³/mol. The molecule has 1 unspecified atom stereocenters. The first kappa shape index (κ1) is 16.3. The van der Waals surface area contributed by atoms with Gasteiger partial charge in [-0.15, -0.1) is 0 Å². The van der Waals surface area contributed by atoms with Crippen molar-refractivity contribution < 1.29 is 4.79 Å². The highest BCUT2D eigenvalue weighted by atomic mass is 16.1. The standard InChI is InChI=1S/C22H23NO/c1-22(18-24)14-8-13-21(15-22)23(16-19-9-4-2-5-10-19)17-20-11-6-3-7-12-20/h2-13,15,18H,14,16-17H2,1H3. The molecule has 1 atom stereocenters. The monoisotopic (exact) mass is 317 g/mol. The van der Waals surface area contributed by atoms with E-state index >= 15 is 0 Å². The number of hydrogen-bond acceptors (Lipinski definition) is 2. The lowest BCUT2D eigenvalue weighted by molar-refractivity contribution is -0.113. The minimum absolute atomic E-state index is 0.407. The summed E-state index contributed by atoms with van der Waals surface area (Å²) >= 11 is 0. The van der Waals surface area contributed by atoms with Crippen LogP contribution in [0.4, 0.5) is 0 Å². The van der Waals surface area contributed by atoms with E-state index in [9.17, 15) is 4.79 Å². The van der Waals surface area contributed by atoms with Gasteiger partial charge in [-0.2, -0.15) is 0 Å². The zero-order valence-electron chi connectivity index (χ0n) is 14.1. The molecule has 3 rings (SSSR count). The number of rotatable bonds is 6. The first-order valence-corrected chi connectivity index (χ1v) is 8.37. The molecule has 0 aromatic heterocycles. The Kier molecular flexibility index (Phi) is 4.95. The number of hydrogen-bond donors (Lipinski definition) is 0. The third-order valence-corrected chi connectivity index (χ3v) is 4.39. The summed E-state index contributed by atoms with van der Waals surface area (Å²) in [5, 5.41) is 0. The van der Waals surface area contributed by atoms with Gasteiger partial charge in [0.15, 0.2) is 0 Å². The summed E-state index contributed by atoms with van der Waals surface area (Å²) in [5.41, 5.74) is 3.24. The Bertz CT molecular complexity index is 692. The summed E-state index contributed by atoms with van der Waals surface area (Å²) in [5.74, 6) is 0. The molecule has 2 heteroatoms. The van der Waals surface area contributed by atoms with Crippen molar-refractivity contribution in [2.24, 2.45) is 5.41 Å². The predicted octanol–water partition coefficient (Wildman–Crippen LogP) is 4.74. The number of nitrogens with zero attached hydrogens (tertiary/aromatic N) is 1. The molecule has 0 amide bonds. The highest BCUT2D eigenvalue weighted by molar-refractivity contribution is 5.64. The zero-order valence-corrected chi connectivity index (χ0v) is 14.1. The van der Waals surface area contributed by atoms with Crippen molar-refractivity contribution in [3.63, 3.8) is 0 Å². The van der Waals surface area contributed by atoms with E-state index in [4.69, 9.17) is 0 Å². The molecule has 2 aromatic rings. The number of carbonyl (C=O) groups excluding carboxylic acids is 1. The average Bonchev–Trinajstić information content (AvgIpc) is 2.63. The second-order valence-corrected chi connectivity index (χ2v) is 6.63. The van der Waals surface area contributed by atoms with E-state index < -0.39 is 5.41 Å². The molecule has 122 valence electrons. The molecule has 2 nitrogen and oxygen atoms in total. The molecule has 0 N–H and O–H groups in total. The molecule has 24 heavy (non-hydrogen) atoms. The minimum atomic E-state index is -0.407. The van der Waals surface area contributed by atoms with E-state index in [1.54, 1.807) is 0 Å². The number of aldehydes is 1. The maximum atomic E-state index is 11.5. The van der Waals surface area contributed by atoms with Gasteiger partial charge in [0.05, 0.1) is 0 Å². The number of benzene rings is 2. The Morgan fingerprint density at radius 2 is 1.50 bits per heavy atom. The largest absolute Gasteiger partial charge is 0.363 e. The molecule has 0 saturated heterocycles. The Hall–Kier alpha value is -2.61. The molecular formula is C22H23NO. The molecule has 1 aliphatic carbocycles. The molecule has 0 saturated carbocycles. The van der Waals surface area contributed by atoms with Crippen molar-refractivity contribution in [1.29, 1.82) is 0 Å².